The van der Waals surface area contributed by atoms with Gasteiger partial charge < -0.3 is 15.2 Å². The van der Waals surface area contributed by atoms with Crippen LogP contribution in [0.5, 0.6) is 5.88 Å². The van der Waals surface area contributed by atoms with E-state index in [2.05, 4.69) is 20.4 Å². The van der Waals surface area contributed by atoms with Crippen LogP contribution in [-0.2, 0) is 23.9 Å². The van der Waals surface area contributed by atoms with Gasteiger partial charge in [0.05, 0.1) is 29.7 Å². The predicted molar refractivity (Wildman–Crippen MR) is 101 cm³/mol. The van der Waals surface area contributed by atoms with Crippen molar-refractivity contribution in [2.75, 3.05) is 19.8 Å². The maximum Gasteiger partial charge on any atom is 0.417 e. The van der Waals surface area contributed by atoms with Crippen molar-refractivity contribution in [3.63, 3.8) is 0 Å². The first-order chi connectivity index (χ1) is 14.8. The molecule has 0 saturated carbocycles. The first kappa shape index (κ1) is 22.4. The number of aliphatic hydroxyl groups is 1. The van der Waals surface area contributed by atoms with Crippen molar-refractivity contribution in [1.82, 2.24) is 25.1 Å². The van der Waals surface area contributed by atoms with Crippen LogP contribution in [0.25, 0.3) is 10.9 Å². The van der Waals surface area contributed by atoms with Gasteiger partial charge in [0, 0.05) is 37.1 Å². The summed E-state index contributed by atoms with van der Waals surface area (Å²) in [6.45, 7) is 0.415. The molecule has 0 spiro atoms. The van der Waals surface area contributed by atoms with Crippen molar-refractivity contribution in [2.45, 2.75) is 25.6 Å². The molecule has 0 aliphatic carbocycles. The summed E-state index contributed by atoms with van der Waals surface area (Å²) < 4.78 is 58.1. The molecule has 31 heavy (non-hydrogen) atoms. The summed E-state index contributed by atoms with van der Waals surface area (Å²) in [6.07, 6.45) is -0.527. The quantitative estimate of drug-likeness (QED) is 0.390. The lowest BCUT2D eigenvalue weighted by atomic mass is 10.2. The monoisotopic (exact) mass is 441 g/mol. The molecule has 0 atom stereocenters. The van der Waals surface area contributed by atoms with Gasteiger partial charge in [-0.15, -0.1) is 0 Å². The van der Waals surface area contributed by atoms with Gasteiger partial charge in [0.25, 0.3) is 0 Å². The van der Waals surface area contributed by atoms with E-state index >= 15 is 0 Å². The summed E-state index contributed by atoms with van der Waals surface area (Å²) in [7, 11) is 0. The standard InChI is InChI=1S/C19H19F4N5O3/c20-14-8-12(19(21,22)23)10-26-18(14)31-7-5-28-11-13-15(27-28)2-4-24-16(13)9-17(30)25-3-1-6-29/h2,4,8,10-11,29H,1,3,5-7,9H2,(H,25,30). The van der Waals surface area contributed by atoms with E-state index in [1.807, 2.05) is 0 Å². The van der Waals surface area contributed by atoms with Gasteiger partial charge in [0.1, 0.15) is 6.61 Å². The SMILES string of the molecule is O=C(Cc1nccc2nn(CCOc3ncc(C(F)(F)F)cc3F)cc12)NCCCO. The van der Waals surface area contributed by atoms with Crippen LogP contribution < -0.4 is 10.1 Å². The highest BCUT2D eigenvalue weighted by atomic mass is 19.4. The van der Waals surface area contributed by atoms with Crippen LogP contribution in [0.4, 0.5) is 17.6 Å². The maximum atomic E-state index is 13.8. The molecule has 0 saturated heterocycles. The lowest BCUT2D eigenvalue weighted by Gasteiger charge is -2.09. The van der Waals surface area contributed by atoms with Crippen molar-refractivity contribution in [2.24, 2.45) is 0 Å². The van der Waals surface area contributed by atoms with E-state index < -0.39 is 23.4 Å². The fourth-order valence-corrected chi connectivity index (χ4v) is 2.75. The first-order valence-corrected chi connectivity index (χ1v) is 9.32. The Morgan fingerprint density at radius 3 is 2.81 bits per heavy atom. The average Bonchev–Trinajstić information content (AvgIpc) is 3.12. The number of alkyl halides is 3. The molecule has 0 radical (unpaired) electrons. The number of pyridine rings is 2. The van der Waals surface area contributed by atoms with Crippen molar-refractivity contribution >= 4 is 16.8 Å². The minimum absolute atomic E-state index is 0.0190. The van der Waals surface area contributed by atoms with E-state index in [-0.39, 0.29) is 32.1 Å². The lowest BCUT2D eigenvalue weighted by molar-refractivity contribution is -0.138. The van der Waals surface area contributed by atoms with Crippen molar-refractivity contribution in [3.05, 3.63) is 47.8 Å². The normalized spacial score (nSPS) is 11.6. The topological polar surface area (TPSA) is 102 Å². The average molecular weight is 441 g/mol. The Kier molecular flexibility index (Phi) is 7.00. The highest BCUT2D eigenvalue weighted by Gasteiger charge is 2.32. The van der Waals surface area contributed by atoms with Gasteiger partial charge >= 0.3 is 6.18 Å². The number of aliphatic hydroxyl groups excluding tert-OH is 1. The second-order valence-corrected chi connectivity index (χ2v) is 6.54. The third-order valence-corrected chi connectivity index (χ3v) is 4.24. The van der Waals surface area contributed by atoms with Gasteiger partial charge in [-0.1, -0.05) is 0 Å². The van der Waals surface area contributed by atoms with E-state index in [4.69, 9.17) is 9.84 Å². The Hall–Kier alpha value is -3.28. The molecule has 0 aromatic carbocycles. The van der Waals surface area contributed by atoms with Crippen molar-refractivity contribution < 1.29 is 32.2 Å². The van der Waals surface area contributed by atoms with E-state index in [0.29, 0.717) is 41.8 Å². The highest BCUT2D eigenvalue weighted by Crippen LogP contribution is 2.30. The summed E-state index contributed by atoms with van der Waals surface area (Å²) >= 11 is 0. The molecule has 0 unspecified atom stereocenters. The number of nitrogens with zero attached hydrogens (tertiary/aromatic N) is 4. The van der Waals surface area contributed by atoms with Gasteiger partial charge in [0.2, 0.25) is 11.8 Å². The number of ether oxygens (including phenoxy) is 1. The second kappa shape index (κ2) is 9.69. The third-order valence-electron chi connectivity index (χ3n) is 4.24. The number of halogens is 4. The molecule has 8 nitrogen and oxygen atoms in total. The van der Waals surface area contributed by atoms with Crippen molar-refractivity contribution in [1.29, 1.82) is 0 Å². The van der Waals surface area contributed by atoms with E-state index in [0.717, 1.165) is 0 Å². The number of amides is 1. The van der Waals surface area contributed by atoms with E-state index in [1.165, 1.54) is 10.9 Å². The first-order valence-electron chi connectivity index (χ1n) is 9.32. The second-order valence-electron chi connectivity index (χ2n) is 6.54. The van der Waals surface area contributed by atoms with Crippen LogP contribution >= 0.6 is 0 Å². The van der Waals surface area contributed by atoms with Gasteiger partial charge in [0.15, 0.2) is 5.82 Å². The van der Waals surface area contributed by atoms with Crippen LogP contribution in [0.15, 0.2) is 30.7 Å². The highest BCUT2D eigenvalue weighted by molar-refractivity contribution is 5.86. The Morgan fingerprint density at radius 1 is 1.29 bits per heavy atom. The minimum atomic E-state index is -4.69. The Balaban J connectivity index is 1.62. The number of hydrogen-bond acceptors (Lipinski definition) is 6. The third kappa shape index (κ3) is 5.87. The molecular weight excluding hydrogens is 422 g/mol. The summed E-state index contributed by atoms with van der Waals surface area (Å²) in [5.74, 6) is -1.99. The molecule has 12 heteroatoms. The molecule has 1 amide bonds. The fraction of sp³-hybridized carbons (Fsp3) is 0.368. The minimum Gasteiger partial charge on any atom is -0.474 e. The molecule has 3 aromatic rings. The molecular formula is C19H19F4N5O3. The van der Waals surface area contributed by atoms with Crippen molar-refractivity contribution in [3.8, 4) is 5.88 Å². The lowest BCUT2D eigenvalue weighted by Crippen LogP contribution is -2.26. The number of rotatable bonds is 9. The molecule has 0 bridgehead atoms. The summed E-state index contributed by atoms with van der Waals surface area (Å²) in [5.41, 5.74) is -0.0929. The summed E-state index contributed by atoms with van der Waals surface area (Å²) in [5, 5.41) is 16.4. The molecule has 2 N–H and O–H groups in total. The number of carbonyl (C=O) groups is 1. The van der Waals surface area contributed by atoms with Gasteiger partial charge in [-0.3, -0.25) is 14.5 Å². The van der Waals surface area contributed by atoms with Crippen LogP contribution in [0, 0.1) is 5.82 Å². The zero-order valence-corrected chi connectivity index (χ0v) is 16.2. The molecule has 0 aliphatic heterocycles. The molecule has 0 fully saturated rings. The summed E-state index contributed by atoms with van der Waals surface area (Å²) in [4.78, 5) is 19.6. The van der Waals surface area contributed by atoms with Crippen LogP contribution in [-0.4, -0.2) is 50.5 Å². The Labute approximate surface area is 173 Å². The zero-order chi connectivity index (χ0) is 22.4. The van der Waals surface area contributed by atoms with E-state index in [1.54, 1.807) is 12.3 Å². The number of carbonyl (C=O) groups excluding carboxylic acids is 1. The molecule has 166 valence electrons. The number of nitrogens with one attached hydrogen (secondary N) is 1. The maximum absolute atomic E-state index is 13.8. The predicted octanol–water partition coefficient (Wildman–Crippen LogP) is 2.10. The number of aromatic nitrogens is 4. The van der Waals surface area contributed by atoms with Crippen LogP contribution in [0.2, 0.25) is 0 Å². The molecule has 0 aliphatic rings. The van der Waals surface area contributed by atoms with Crippen LogP contribution in [0.1, 0.15) is 17.7 Å². The Morgan fingerprint density at radius 2 is 2.10 bits per heavy atom. The number of fused-ring (bicyclic) bond motifs is 1. The van der Waals surface area contributed by atoms with Gasteiger partial charge in [-0.2, -0.15) is 18.3 Å². The number of hydrogen-bond donors (Lipinski definition) is 2. The zero-order valence-electron chi connectivity index (χ0n) is 16.2. The molecule has 3 aromatic heterocycles. The van der Waals surface area contributed by atoms with Gasteiger partial charge in [-0.05, 0) is 18.6 Å². The van der Waals surface area contributed by atoms with E-state index in [9.17, 15) is 22.4 Å². The molecule has 3 heterocycles. The summed E-state index contributed by atoms with van der Waals surface area (Å²) in [6, 6.07) is 1.99. The smallest absolute Gasteiger partial charge is 0.417 e. The van der Waals surface area contributed by atoms with Crippen LogP contribution in [0.3, 0.4) is 0 Å². The largest absolute Gasteiger partial charge is 0.474 e. The fourth-order valence-electron chi connectivity index (χ4n) is 2.75. The Bertz CT molecular complexity index is 1050. The molecule has 3 rings (SSSR count). The van der Waals surface area contributed by atoms with Gasteiger partial charge in [-0.25, -0.2) is 9.37 Å².